The molecular formula is C9H18O4S. The molecule has 1 atom stereocenters. The Morgan fingerprint density at radius 2 is 1.79 bits per heavy atom. The molecule has 0 aliphatic carbocycles. The van der Waals surface area contributed by atoms with E-state index < -0.39 is 32.9 Å². The monoisotopic (exact) mass is 222 g/mol. The number of ketones is 1. The zero-order valence-corrected chi connectivity index (χ0v) is 9.89. The fourth-order valence-electron chi connectivity index (χ4n) is 1.04. The lowest BCUT2D eigenvalue weighted by atomic mass is 9.89. The summed E-state index contributed by atoms with van der Waals surface area (Å²) in [6.45, 7) is 5.76. The van der Waals surface area contributed by atoms with Crippen molar-refractivity contribution in [3.63, 3.8) is 0 Å². The van der Waals surface area contributed by atoms with Crippen LogP contribution in [0.15, 0.2) is 0 Å². The first-order chi connectivity index (χ1) is 6.16. The average Bonchev–Trinajstić information content (AvgIpc) is 2.03. The highest BCUT2D eigenvalue weighted by Gasteiger charge is 2.36. The maximum atomic E-state index is 11.7. The molecule has 14 heavy (non-hydrogen) atoms. The summed E-state index contributed by atoms with van der Waals surface area (Å²) in [6, 6.07) is 0. The fourth-order valence-corrected chi connectivity index (χ4v) is 2.35. The van der Waals surface area contributed by atoms with E-state index in [2.05, 4.69) is 0 Å². The molecule has 0 spiro atoms. The van der Waals surface area contributed by atoms with E-state index in [0.717, 1.165) is 0 Å². The zero-order chi connectivity index (χ0) is 11.6. The molecule has 5 heteroatoms. The summed E-state index contributed by atoms with van der Waals surface area (Å²) in [6.07, 6.45) is 0. The molecule has 0 amide bonds. The first-order valence-electron chi connectivity index (χ1n) is 4.53. The molecule has 0 saturated carbocycles. The van der Waals surface area contributed by atoms with E-state index in [0.29, 0.717) is 0 Å². The van der Waals surface area contributed by atoms with Crippen LogP contribution < -0.4 is 0 Å². The number of aliphatic hydroxyl groups excluding tert-OH is 1. The lowest BCUT2D eigenvalue weighted by Gasteiger charge is -2.22. The predicted molar refractivity (Wildman–Crippen MR) is 54.8 cm³/mol. The van der Waals surface area contributed by atoms with E-state index in [1.54, 1.807) is 20.8 Å². The summed E-state index contributed by atoms with van der Waals surface area (Å²) >= 11 is 0. The Balaban J connectivity index is 5.04. The first-order valence-corrected chi connectivity index (χ1v) is 6.25. The van der Waals surface area contributed by atoms with E-state index in [9.17, 15) is 13.2 Å². The molecule has 0 radical (unpaired) electrons. The summed E-state index contributed by atoms with van der Waals surface area (Å²) in [7, 11) is -3.49. The van der Waals surface area contributed by atoms with E-state index in [4.69, 9.17) is 5.11 Å². The van der Waals surface area contributed by atoms with Gasteiger partial charge < -0.3 is 5.11 Å². The molecule has 0 aliphatic rings. The van der Waals surface area contributed by atoms with Crippen molar-refractivity contribution in [2.75, 3.05) is 12.4 Å². The van der Waals surface area contributed by atoms with E-state index in [1.807, 2.05) is 0 Å². The Hall–Kier alpha value is -0.420. The zero-order valence-electron chi connectivity index (χ0n) is 9.07. The fraction of sp³-hybridized carbons (Fsp3) is 0.889. The third-order valence-electron chi connectivity index (χ3n) is 2.03. The van der Waals surface area contributed by atoms with Gasteiger partial charge in [0.25, 0.3) is 0 Å². The van der Waals surface area contributed by atoms with Crippen LogP contribution in [0, 0.1) is 5.41 Å². The van der Waals surface area contributed by atoms with Crippen LogP contribution >= 0.6 is 0 Å². The SMILES string of the molecule is CCS(=O)(=O)[C@H](CO)C(=O)C(C)(C)C. The van der Waals surface area contributed by atoms with Gasteiger partial charge in [-0.1, -0.05) is 27.7 Å². The molecular weight excluding hydrogens is 204 g/mol. The van der Waals surface area contributed by atoms with Crippen LogP contribution in [0.4, 0.5) is 0 Å². The minimum Gasteiger partial charge on any atom is -0.395 e. The summed E-state index contributed by atoms with van der Waals surface area (Å²) in [5.41, 5.74) is -0.740. The van der Waals surface area contributed by atoms with Gasteiger partial charge in [0.1, 0.15) is 5.25 Å². The van der Waals surface area contributed by atoms with Crippen molar-refractivity contribution in [2.24, 2.45) is 5.41 Å². The highest BCUT2D eigenvalue weighted by molar-refractivity contribution is 7.92. The Kier molecular flexibility index (Phi) is 4.27. The molecule has 4 nitrogen and oxygen atoms in total. The molecule has 1 N–H and O–H groups in total. The third kappa shape index (κ3) is 3.06. The molecule has 0 heterocycles. The van der Waals surface area contributed by atoms with Gasteiger partial charge >= 0.3 is 0 Å². The topological polar surface area (TPSA) is 71.4 Å². The summed E-state index contributed by atoms with van der Waals surface area (Å²) < 4.78 is 22.9. The maximum absolute atomic E-state index is 11.7. The Bertz CT molecular complexity index is 297. The molecule has 0 saturated heterocycles. The van der Waals surface area contributed by atoms with Crippen molar-refractivity contribution in [1.29, 1.82) is 0 Å². The van der Waals surface area contributed by atoms with Crippen molar-refractivity contribution in [2.45, 2.75) is 32.9 Å². The Labute approximate surface area is 85.2 Å². The normalized spacial score (nSPS) is 15.2. The molecule has 0 aromatic carbocycles. The smallest absolute Gasteiger partial charge is 0.162 e. The van der Waals surface area contributed by atoms with Gasteiger partial charge in [0.2, 0.25) is 0 Å². The minimum atomic E-state index is -3.49. The van der Waals surface area contributed by atoms with Gasteiger partial charge in [0.05, 0.1) is 6.61 Å². The number of aliphatic hydroxyl groups is 1. The number of carbonyl (C=O) groups excluding carboxylic acids is 1. The van der Waals surface area contributed by atoms with Gasteiger partial charge in [-0.15, -0.1) is 0 Å². The van der Waals surface area contributed by atoms with Crippen molar-refractivity contribution >= 4 is 15.6 Å². The number of Topliss-reactive ketones (excluding diaryl/α,β-unsaturated/α-hetero) is 1. The number of sulfone groups is 1. The quantitative estimate of drug-likeness (QED) is 0.747. The third-order valence-corrected chi connectivity index (χ3v) is 4.07. The van der Waals surface area contributed by atoms with Gasteiger partial charge in [-0.2, -0.15) is 0 Å². The number of rotatable bonds is 4. The van der Waals surface area contributed by atoms with Gasteiger partial charge in [-0.3, -0.25) is 4.79 Å². The molecule has 0 unspecified atom stereocenters. The van der Waals surface area contributed by atoms with Gasteiger partial charge in [-0.05, 0) is 0 Å². The van der Waals surface area contributed by atoms with E-state index in [-0.39, 0.29) is 5.75 Å². The van der Waals surface area contributed by atoms with Crippen LogP contribution in [0.2, 0.25) is 0 Å². The van der Waals surface area contributed by atoms with Crippen LogP contribution in [0.1, 0.15) is 27.7 Å². The predicted octanol–water partition coefficient (Wildman–Crippen LogP) is 0.397. The number of carbonyl (C=O) groups is 1. The van der Waals surface area contributed by atoms with E-state index >= 15 is 0 Å². The summed E-state index contributed by atoms with van der Waals surface area (Å²) in [5.74, 6) is -0.554. The van der Waals surface area contributed by atoms with Crippen LogP contribution in [0.5, 0.6) is 0 Å². The van der Waals surface area contributed by atoms with Crippen molar-refractivity contribution in [3.8, 4) is 0 Å². The molecule has 0 aromatic rings. The second-order valence-electron chi connectivity index (χ2n) is 4.24. The lowest BCUT2D eigenvalue weighted by molar-refractivity contribution is -0.126. The second kappa shape index (κ2) is 4.40. The molecule has 0 fully saturated rings. The molecule has 0 bridgehead atoms. The summed E-state index contributed by atoms with van der Waals surface area (Å²) in [5, 5.41) is 7.66. The first kappa shape index (κ1) is 13.6. The lowest BCUT2D eigenvalue weighted by Crippen LogP contribution is -2.41. The highest BCUT2D eigenvalue weighted by atomic mass is 32.2. The van der Waals surface area contributed by atoms with Gasteiger partial charge in [0.15, 0.2) is 15.6 Å². The maximum Gasteiger partial charge on any atom is 0.162 e. The standard InChI is InChI=1S/C9H18O4S/c1-5-14(12,13)7(6-10)8(11)9(2,3)4/h7,10H,5-6H2,1-4H3/t7-/m1/s1. The Morgan fingerprint density at radius 3 is 2.00 bits per heavy atom. The van der Waals surface area contributed by atoms with Crippen LogP contribution in [0.3, 0.4) is 0 Å². The Morgan fingerprint density at radius 1 is 1.36 bits per heavy atom. The number of hydrogen-bond acceptors (Lipinski definition) is 4. The molecule has 84 valence electrons. The van der Waals surface area contributed by atoms with Crippen molar-refractivity contribution < 1.29 is 18.3 Å². The molecule has 0 aromatic heterocycles. The van der Waals surface area contributed by atoms with Gasteiger partial charge in [-0.25, -0.2) is 8.42 Å². The van der Waals surface area contributed by atoms with Crippen LogP contribution in [-0.2, 0) is 14.6 Å². The average molecular weight is 222 g/mol. The van der Waals surface area contributed by atoms with Crippen molar-refractivity contribution in [3.05, 3.63) is 0 Å². The number of hydrogen-bond donors (Lipinski definition) is 1. The summed E-state index contributed by atoms with van der Waals surface area (Å²) in [4.78, 5) is 11.7. The minimum absolute atomic E-state index is 0.125. The van der Waals surface area contributed by atoms with Crippen molar-refractivity contribution in [1.82, 2.24) is 0 Å². The molecule has 0 rings (SSSR count). The highest BCUT2D eigenvalue weighted by Crippen LogP contribution is 2.20. The van der Waals surface area contributed by atoms with Crippen LogP contribution in [0.25, 0.3) is 0 Å². The molecule has 0 aliphatic heterocycles. The van der Waals surface area contributed by atoms with Gasteiger partial charge in [0, 0.05) is 11.2 Å². The second-order valence-corrected chi connectivity index (χ2v) is 6.71. The largest absolute Gasteiger partial charge is 0.395 e. The van der Waals surface area contributed by atoms with Crippen LogP contribution in [-0.4, -0.2) is 36.9 Å². The van der Waals surface area contributed by atoms with E-state index in [1.165, 1.54) is 6.92 Å².